The van der Waals surface area contributed by atoms with Gasteiger partial charge >= 0.3 is 68.4 Å². The minimum atomic E-state index is -1.20. The van der Waals surface area contributed by atoms with Crippen molar-refractivity contribution >= 4 is 17.9 Å². The minimum absolute atomic E-state index is 0. The van der Waals surface area contributed by atoms with Crippen LogP contribution in [-0.2, 0) is 49.4 Å². The van der Waals surface area contributed by atoms with Gasteiger partial charge in [-0.15, -0.1) is 0 Å². The van der Waals surface area contributed by atoms with E-state index < -0.39 is 34.5 Å². The Kier molecular flexibility index (Phi) is 42.2. The molecule has 0 saturated carbocycles. The maximum Gasteiger partial charge on any atom is 0 e. The third kappa shape index (κ3) is 24.3. The number of aliphatic carboxylic acids is 3. The predicted molar refractivity (Wildman–Crippen MR) is 124 cm³/mol. The molecule has 3 N–H and O–H groups in total. The smallest absolute Gasteiger partial charge is 0 e. The summed E-state index contributed by atoms with van der Waals surface area (Å²) in [4.78, 5) is 40.5. The van der Waals surface area contributed by atoms with Crippen LogP contribution in [0.4, 0.5) is 0 Å². The topological polar surface area (TPSA) is 185 Å². The van der Waals surface area contributed by atoms with Crippen molar-refractivity contribution in [3.63, 3.8) is 0 Å². The first-order valence-electron chi connectivity index (χ1n) is 10.2. The van der Waals surface area contributed by atoms with Crippen molar-refractivity contribution in [3.8, 4) is 0 Å². The molecule has 0 saturated heterocycles. The Morgan fingerprint density at radius 2 is 0.703 bits per heavy atom. The molecule has 3 atom stereocenters. The quantitative estimate of drug-likeness (QED) is 0.197. The SMILES string of the molecule is [C-]#[N+]C(C)(CCC)C(=O)O.[C-]#[N+]C(C)(CCC)C(=O)O.[C-]#[N+]C(C)(CCC)C(=O)O.[C-]#[O+].[C-]#[O+].[C-]#[O+].[Mo]. The first kappa shape index (κ1) is 50.6. The summed E-state index contributed by atoms with van der Waals surface area (Å²) in [6.07, 6.45) is 3.45. The largest absolute Gasteiger partial charge is 0 e. The van der Waals surface area contributed by atoms with Gasteiger partial charge in [0.25, 0.3) is 0 Å². The molecule has 3 unspecified atom stereocenters. The summed E-state index contributed by atoms with van der Waals surface area (Å²) in [5.41, 5.74) is -3.60. The van der Waals surface area contributed by atoms with Gasteiger partial charge in [0.1, 0.15) is 0 Å². The van der Waals surface area contributed by atoms with Crippen LogP contribution in [0, 0.1) is 39.7 Å². The van der Waals surface area contributed by atoms with E-state index in [-0.39, 0.29) is 21.1 Å². The molecule has 0 amide bonds. The molecular formula is C24H33MoN3O9. The summed E-state index contributed by atoms with van der Waals surface area (Å²) in [5, 5.41) is 25.6. The Morgan fingerprint density at radius 1 is 0.568 bits per heavy atom. The molecular weight excluding hydrogens is 570 g/mol. The fraction of sp³-hybridized carbons (Fsp3) is 0.625. The van der Waals surface area contributed by atoms with Gasteiger partial charge < -0.3 is 15.3 Å². The number of hydrogen-bond donors (Lipinski definition) is 3. The molecule has 0 spiro atoms. The van der Waals surface area contributed by atoms with Crippen LogP contribution >= 0.6 is 0 Å². The third-order valence-electron chi connectivity index (χ3n) is 4.33. The van der Waals surface area contributed by atoms with Crippen LogP contribution in [0.2, 0.25) is 0 Å². The zero-order valence-electron chi connectivity index (χ0n) is 21.8. The van der Waals surface area contributed by atoms with Crippen LogP contribution in [0.15, 0.2) is 0 Å². The van der Waals surface area contributed by atoms with E-state index in [1.54, 1.807) is 0 Å². The monoisotopic (exact) mass is 605 g/mol. The molecule has 0 heterocycles. The van der Waals surface area contributed by atoms with Gasteiger partial charge in [-0.2, -0.15) is 0 Å². The fourth-order valence-electron chi connectivity index (χ4n) is 2.09. The normalized spacial score (nSPS) is 12.6. The van der Waals surface area contributed by atoms with Gasteiger partial charge in [-0.1, -0.05) is 20.8 Å². The van der Waals surface area contributed by atoms with Gasteiger partial charge in [0.05, 0.1) is 0 Å². The molecule has 0 aromatic heterocycles. The van der Waals surface area contributed by atoms with E-state index in [2.05, 4.69) is 34.5 Å². The second-order valence-corrected chi connectivity index (χ2v) is 7.32. The molecule has 37 heavy (non-hydrogen) atoms. The molecule has 0 radical (unpaired) electrons. The second-order valence-electron chi connectivity index (χ2n) is 7.32. The average Bonchev–Trinajstić information content (AvgIpc) is 2.88. The van der Waals surface area contributed by atoms with Gasteiger partial charge in [0.15, 0.2) is 0 Å². The number of carbonyl (C=O) groups is 3. The fourth-order valence-corrected chi connectivity index (χ4v) is 2.09. The van der Waals surface area contributed by atoms with Gasteiger partial charge in [-0.05, 0) is 19.3 Å². The van der Waals surface area contributed by atoms with Crippen LogP contribution in [0.5, 0.6) is 0 Å². The number of carboxylic acids is 3. The van der Waals surface area contributed by atoms with Crippen molar-refractivity contribution in [1.82, 2.24) is 0 Å². The maximum atomic E-state index is 10.4. The first-order valence-corrected chi connectivity index (χ1v) is 10.2. The Balaban J connectivity index is -0.0000000651. The van der Waals surface area contributed by atoms with E-state index in [0.29, 0.717) is 19.3 Å². The Morgan fingerprint density at radius 3 is 0.730 bits per heavy atom. The standard InChI is InChI=1S/3C7H11NO2.3CO.Mo/c3*1-4-5-7(2,8-3)6(9)10;3*1-2;/h3*4-5H2,1-2H3,(H,9,10);;;;. The first-order chi connectivity index (χ1) is 16.7. The zero-order chi connectivity index (χ0) is 30.6. The zero-order valence-corrected chi connectivity index (χ0v) is 23.8. The number of carboxylic acid groups (broad SMARTS) is 3. The molecule has 0 aliphatic heterocycles. The molecule has 0 aliphatic rings. The molecule has 204 valence electrons. The molecule has 12 nitrogen and oxygen atoms in total. The third-order valence-corrected chi connectivity index (χ3v) is 4.33. The molecule has 0 aromatic carbocycles. The molecule has 0 bridgehead atoms. The van der Waals surface area contributed by atoms with E-state index in [4.69, 9.17) is 49.0 Å². The minimum Gasteiger partial charge on any atom is 0 e. The molecule has 0 rings (SSSR count). The molecule has 0 aromatic rings. The van der Waals surface area contributed by atoms with E-state index in [1.807, 2.05) is 20.8 Å². The molecule has 13 heteroatoms. The summed E-state index contributed by atoms with van der Waals surface area (Å²) < 4.78 is 22.5. The van der Waals surface area contributed by atoms with Crippen molar-refractivity contribution in [2.45, 2.75) is 96.7 Å². The average molecular weight is 603 g/mol. The van der Waals surface area contributed by atoms with Crippen molar-refractivity contribution < 1.29 is 64.7 Å². The van der Waals surface area contributed by atoms with Crippen LogP contribution in [0.3, 0.4) is 0 Å². The van der Waals surface area contributed by atoms with Crippen molar-refractivity contribution in [2.75, 3.05) is 0 Å². The van der Waals surface area contributed by atoms with Gasteiger partial charge in [-0.25, -0.2) is 34.1 Å². The van der Waals surface area contributed by atoms with Crippen molar-refractivity contribution in [3.05, 3.63) is 54.2 Å². The van der Waals surface area contributed by atoms with E-state index in [1.165, 1.54) is 20.8 Å². The van der Waals surface area contributed by atoms with Crippen molar-refractivity contribution in [2.24, 2.45) is 0 Å². The van der Waals surface area contributed by atoms with Gasteiger partial charge in [0.2, 0.25) is 0 Å². The van der Waals surface area contributed by atoms with Crippen LogP contribution < -0.4 is 0 Å². The Bertz CT molecular complexity index is 728. The maximum absolute atomic E-state index is 10.4. The summed E-state index contributed by atoms with van der Waals surface area (Å²) in [5.74, 6) is -3.07. The van der Waals surface area contributed by atoms with Crippen molar-refractivity contribution in [1.29, 1.82) is 0 Å². The number of hydrogen-bond acceptors (Lipinski definition) is 3. The summed E-state index contributed by atoms with van der Waals surface area (Å²) in [7, 11) is 0. The predicted octanol–water partition coefficient (Wildman–Crippen LogP) is 4.53. The van der Waals surface area contributed by atoms with Crippen LogP contribution in [0.25, 0.3) is 14.5 Å². The Labute approximate surface area is 233 Å². The summed E-state index contributed by atoms with van der Waals surface area (Å²) in [6.45, 7) is 43.4. The summed E-state index contributed by atoms with van der Waals surface area (Å²) in [6, 6.07) is 0. The molecule has 0 fully saturated rings. The number of nitrogens with zero attached hydrogens (tertiary/aromatic N) is 3. The van der Waals surface area contributed by atoms with Crippen LogP contribution in [0.1, 0.15) is 80.1 Å². The molecule has 0 aliphatic carbocycles. The van der Waals surface area contributed by atoms with E-state index >= 15 is 0 Å². The number of rotatable bonds is 9. The van der Waals surface area contributed by atoms with Gasteiger partial charge in [0, 0.05) is 61.1 Å². The second kappa shape index (κ2) is 30.8. The van der Waals surface area contributed by atoms with Gasteiger partial charge in [-0.3, -0.25) is 14.5 Å². The summed E-state index contributed by atoms with van der Waals surface area (Å²) >= 11 is 0. The van der Waals surface area contributed by atoms with E-state index in [9.17, 15) is 14.4 Å². The van der Waals surface area contributed by atoms with E-state index in [0.717, 1.165) is 19.3 Å². The van der Waals surface area contributed by atoms with Crippen LogP contribution in [-0.4, -0.2) is 49.8 Å². The Hall–Kier alpha value is -3.21.